The molecule has 0 saturated heterocycles. The minimum Gasteiger partial charge on any atom is -0.483 e. The summed E-state index contributed by atoms with van der Waals surface area (Å²) in [5.41, 5.74) is 0.699. The summed E-state index contributed by atoms with van der Waals surface area (Å²) in [6.45, 7) is 8.44. The van der Waals surface area contributed by atoms with Crippen molar-refractivity contribution in [2.45, 2.75) is 27.7 Å². The average molecular weight is 427 g/mol. The first-order valence-corrected chi connectivity index (χ1v) is 10.4. The van der Waals surface area contributed by atoms with E-state index >= 15 is 0 Å². The van der Waals surface area contributed by atoms with Crippen molar-refractivity contribution in [1.82, 2.24) is 0 Å². The number of carbonyl (C=O) groups excluding carboxylic acids is 2. The molecule has 2 rings (SSSR count). The lowest BCUT2D eigenvalue weighted by atomic mass is 10.2. The molecule has 0 bridgehead atoms. The molecule has 0 aromatic carbocycles. The van der Waals surface area contributed by atoms with Crippen LogP contribution in [0, 0.1) is 0 Å². The molecular weight excluding hydrogens is 404 g/mol. The summed E-state index contributed by atoms with van der Waals surface area (Å²) in [4.78, 5) is 34.0. The maximum atomic E-state index is 12.4. The predicted molar refractivity (Wildman–Crippen MR) is 111 cm³/mol. The average Bonchev–Trinajstić information content (AvgIpc) is 3.20. The molecule has 0 atom stereocenters. The van der Waals surface area contributed by atoms with Crippen LogP contribution in [-0.4, -0.2) is 51.2 Å². The maximum Gasteiger partial charge on any atom is 0.350 e. The number of esters is 2. The fourth-order valence-corrected chi connectivity index (χ4v) is 4.60. The zero-order valence-electron chi connectivity index (χ0n) is 16.1. The summed E-state index contributed by atoms with van der Waals surface area (Å²) in [6, 6.07) is 0. The van der Waals surface area contributed by atoms with Crippen molar-refractivity contribution in [3.63, 3.8) is 0 Å². The lowest BCUT2D eigenvalue weighted by molar-refractivity contribution is 0.0523. The van der Waals surface area contributed by atoms with Crippen LogP contribution in [0.1, 0.15) is 47.0 Å². The molecule has 28 heavy (non-hydrogen) atoms. The van der Waals surface area contributed by atoms with Crippen LogP contribution in [0.3, 0.4) is 0 Å². The van der Waals surface area contributed by atoms with E-state index in [9.17, 15) is 9.59 Å². The molecule has 0 radical (unpaired) electrons. The molecule has 10 heteroatoms. The van der Waals surface area contributed by atoms with Crippen molar-refractivity contribution in [2.24, 2.45) is 9.98 Å². The summed E-state index contributed by atoms with van der Waals surface area (Å²) < 4.78 is 21.4. The molecule has 0 unspecified atom stereocenters. The molecule has 0 aliphatic carbocycles. The molecule has 0 aliphatic heterocycles. The van der Waals surface area contributed by atoms with Crippen molar-refractivity contribution < 1.29 is 28.5 Å². The van der Waals surface area contributed by atoms with Crippen LogP contribution >= 0.6 is 22.7 Å². The lowest BCUT2D eigenvalue weighted by Crippen LogP contribution is -2.03. The zero-order valence-corrected chi connectivity index (χ0v) is 17.8. The number of hydrogen-bond donors (Lipinski definition) is 0. The van der Waals surface area contributed by atoms with Crippen molar-refractivity contribution in [3.05, 3.63) is 9.75 Å². The Bertz CT molecular complexity index is 817. The van der Waals surface area contributed by atoms with Crippen LogP contribution in [0.25, 0.3) is 9.40 Å². The first-order chi connectivity index (χ1) is 13.6. The molecule has 152 valence electrons. The van der Waals surface area contributed by atoms with Crippen LogP contribution in [0.2, 0.25) is 0 Å². The highest BCUT2D eigenvalue weighted by molar-refractivity contribution is 7.40. The largest absolute Gasteiger partial charge is 0.483 e. The van der Waals surface area contributed by atoms with Gasteiger partial charge in [0.1, 0.15) is 21.1 Å². The van der Waals surface area contributed by atoms with Crippen molar-refractivity contribution >= 4 is 68.2 Å². The summed E-state index contributed by atoms with van der Waals surface area (Å²) in [7, 11) is 0. The molecule has 0 amide bonds. The van der Waals surface area contributed by atoms with Gasteiger partial charge in [-0.25, -0.2) is 19.6 Å². The van der Waals surface area contributed by atoms with Gasteiger partial charge in [0, 0.05) is 0 Å². The predicted octanol–water partition coefficient (Wildman–Crippen LogP) is 4.71. The van der Waals surface area contributed by atoms with Gasteiger partial charge in [-0.1, -0.05) is 0 Å². The van der Waals surface area contributed by atoms with E-state index in [4.69, 9.17) is 18.9 Å². The highest BCUT2D eigenvalue weighted by atomic mass is 32.2. The third-order valence-electron chi connectivity index (χ3n) is 3.27. The Hall–Kier alpha value is -2.46. The molecule has 0 aliphatic rings. The third kappa shape index (κ3) is 4.87. The van der Waals surface area contributed by atoms with E-state index in [2.05, 4.69) is 9.98 Å². The smallest absolute Gasteiger partial charge is 0.350 e. The van der Waals surface area contributed by atoms with Gasteiger partial charge >= 0.3 is 11.9 Å². The molecular formula is C18H22N2O6S2. The molecule has 0 saturated carbocycles. The van der Waals surface area contributed by atoms with Crippen LogP contribution in [-0.2, 0) is 18.9 Å². The third-order valence-corrected chi connectivity index (χ3v) is 5.67. The molecule has 0 spiro atoms. The van der Waals surface area contributed by atoms with Gasteiger partial charge in [-0.05, 0) is 27.7 Å². The standard InChI is InChI=1S/C18H22N2O6S2/c1-5-23-9-19-12-11-13(20-10-24-6-2)15(17(22)26-8-4)28-18(11)27-14(12)16(21)25-7-3/h9-10H,5-8H2,1-4H3. The first-order valence-electron chi connectivity index (χ1n) is 8.80. The normalized spacial score (nSPS) is 11.4. The lowest BCUT2D eigenvalue weighted by Gasteiger charge is -2.03. The summed E-state index contributed by atoms with van der Waals surface area (Å²) in [6.07, 6.45) is 2.53. The minimum atomic E-state index is -0.489. The van der Waals surface area contributed by atoms with Gasteiger partial charge in [0.25, 0.3) is 0 Å². The van der Waals surface area contributed by atoms with Crippen LogP contribution in [0.15, 0.2) is 9.98 Å². The van der Waals surface area contributed by atoms with Crippen LogP contribution in [0.4, 0.5) is 11.4 Å². The van der Waals surface area contributed by atoms with Crippen LogP contribution in [0.5, 0.6) is 0 Å². The van der Waals surface area contributed by atoms with E-state index in [1.807, 2.05) is 13.8 Å². The van der Waals surface area contributed by atoms with E-state index in [0.717, 1.165) is 0 Å². The Morgan fingerprint density at radius 1 is 0.786 bits per heavy atom. The Morgan fingerprint density at radius 2 is 1.21 bits per heavy atom. The van der Waals surface area contributed by atoms with Gasteiger partial charge in [-0.2, -0.15) is 0 Å². The number of hydrogen-bond acceptors (Lipinski definition) is 10. The summed E-state index contributed by atoms with van der Waals surface area (Å²) >= 11 is 2.38. The molecule has 8 nitrogen and oxygen atoms in total. The number of rotatable bonds is 10. The van der Waals surface area contributed by atoms with Gasteiger partial charge in [-0.15, -0.1) is 22.7 Å². The quantitative estimate of drug-likeness (QED) is 0.310. The maximum absolute atomic E-state index is 12.4. The second kappa shape index (κ2) is 10.8. The second-order valence-corrected chi connectivity index (χ2v) is 7.34. The molecule has 2 heterocycles. The monoisotopic (exact) mass is 426 g/mol. The van der Waals surface area contributed by atoms with Gasteiger partial charge < -0.3 is 18.9 Å². The van der Waals surface area contributed by atoms with E-state index in [1.165, 1.54) is 35.5 Å². The first kappa shape index (κ1) is 21.8. The molecule has 2 aromatic heterocycles. The number of fused-ring (bicyclic) bond motifs is 1. The van der Waals surface area contributed by atoms with Gasteiger partial charge in [0.15, 0.2) is 12.8 Å². The number of nitrogens with zero attached hydrogens (tertiary/aromatic N) is 2. The summed E-state index contributed by atoms with van der Waals surface area (Å²) in [5, 5.41) is 0.563. The van der Waals surface area contributed by atoms with Gasteiger partial charge in [-0.3, -0.25) is 0 Å². The SMILES string of the molecule is CCOC=Nc1c(C(=O)OCC)sc2sc(C(=O)OCC)c(N=COCC)c12. The van der Waals surface area contributed by atoms with Crippen molar-refractivity contribution in [2.75, 3.05) is 26.4 Å². The number of ether oxygens (including phenoxy) is 4. The van der Waals surface area contributed by atoms with E-state index in [-0.39, 0.29) is 13.2 Å². The number of carbonyl (C=O) groups is 2. The van der Waals surface area contributed by atoms with E-state index < -0.39 is 11.9 Å². The number of aliphatic imine (C=N–C) groups is 2. The molecule has 0 fully saturated rings. The minimum absolute atomic E-state index is 0.239. The topological polar surface area (TPSA) is 95.8 Å². The molecule has 0 N–H and O–H groups in total. The van der Waals surface area contributed by atoms with Gasteiger partial charge in [0.2, 0.25) is 0 Å². The van der Waals surface area contributed by atoms with Crippen molar-refractivity contribution in [1.29, 1.82) is 0 Å². The fourth-order valence-electron chi connectivity index (χ4n) is 2.18. The Kier molecular flexibility index (Phi) is 8.40. The molecule has 2 aromatic rings. The number of thiophene rings is 2. The Morgan fingerprint density at radius 3 is 1.57 bits per heavy atom. The van der Waals surface area contributed by atoms with Crippen molar-refractivity contribution in [3.8, 4) is 0 Å². The van der Waals surface area contributed by atoms with E-state index in [1.54, 1.807) is 13.8 Å². The highest BCUT2D eigenvalue weighted by Crippen LogP contribution is 2.50. The zero-order chi connectivity index (χ0) is 20.5. The highest BCUT2D eigenvalue weighted by Gasteiger charge is 2.28. The van der Waals surface area contributed by atoms with Gasteiger partial charge in [0.05, 0.1) is 35.8 Å². The Balaban J connectivity index is 2.69. The Labute approximate surface area is 170 Å². The fraction of sp³-hybridized carbons (Fsp3) is 0.444. The van der Waals surface area contributed by atoms with Crippen LogP contribution < -0.4 is 0 Å². The summed E-state index contributed by atoms with van der Waals surface area (Å²) in [5.74, 6) is -0.978. The second-order valence-electron chi connectivity index (χ2n) is 5.04. The van der Waals surface area contributed by atoms with E-state index in [0.29, 0.717) is 43.7 Å².